The van der Waals surface area contributed by atoms with E-state index in [0.717, 1.165) is 75.4 Å². The summed E-state index contributed by atoms with van der Waals surface area (Å²) in [5.74, 6) is 2.78. The number of aromatic nitrogens is 3. The lowest BCUT2D eigenvalue weighted by Gasteiger charge is -2.30. The van der Waals surface area contributed by atoms with Crippen molar-refractivity contribution in [1.82, 2.24) is 15.0 Å². The van der Waals surface area contributed by atoms with E-state index >= 15 is 0 Å². The average Bonchev–Trinajstić information content (AvgIpc) is 3.63. The Morgan fingerprint density at radius 3 is 2.51 bits per heavy atom. The molecule has 0 radical (unpaired) electrons. The smallest absolute Gasteiger partial charge is 0.163 e. The van der Waals surface area contributed by atoms with Crippen LogP contribution in [0.4, 0.5) is 0 Å². The first-order valence-electron chi connectivity index (χ1n) is 15.7. The molecule has 45 heavy (non-hydrogen) atoms. The molecule has 1 aliphatic heterocycles. The lowest BCUT2D eigenvalue weighted by Crippen LogP contribution is -2.26. The van der Waals surface area contributed by atoms with Gasteiger partial charge in [-0.05, 0) is 59.9 Å². The van der Waals surface area contributed by atoms with Crippen LogP contribution in [0.3, 0.4) is 0 Å². The van der Waals surface area contributed by atoms with Gasteiger partial charge in [0.25, 0.3) is 0 Å². The number of hydrogen-bond donors (Lipinski definition) is 0. The Morgan fingerprint density at radius 1 is 0.800 bits per heavy atom. The Morgan fingerprint density at radius 2 is 1.62 bits per heavy atom. The maximum absolute atomic E-state index is 6.16. The van der Waals surface area contributed by atoms with E-state index in [9.17, 15) is 0 Å². The van der Waals surface area contributed by atoms with Gasteiger partial charge in [-0.1, -0.05) is 109 Å². The monoisotopic (exact) mass is 601 g/mol. The topological polar surface area (TPSA) is 51.8 Å². The fourth-order valence-corrected chi connectivity index (χ4v) is 8.83. The van der Waals surface area contributed by atoms with Crippen LogP contribution in [-0.2, 0) is 0 Å². The molecular weight excluding hydrogens is 571 g/mol. The van der Waals surface area contributed by atoms with Crippen LogP contribution in [0.25, 0.3) is 50.0 Å². The average molecular weight is 602 g/mol. The number of benzene rings is 3. The van der Waals surface area contributed by atoms with E-state index in [0.29, 0.717) is 5.92 Å². The summed E-state index contributed by atoms with van der Waals surface area (Å²) in [5.41, 5.74) is 7.65. The summed E-state index contributed by atoms with van der Waals surface area (Å²) in [6.45, 7) is 2.36. The highest BCUT2D eigenvalue weighted by Crippen LogP contribution is 2.58. The van der Waals surface area contributed by atoms with Crippen molar-refractivity contribution < 1.29 is 4.42 Å². The molecule has 0 saturated heterocycles. The van der Waals surface area contributed by atoms with Gasteiger partial charge < -0.3 is 4.42 Å². The van der Waals surface area contributed by atoms with Crippen molar-refractivity contribution in [1.29, 1.82) is 0 Å². The minimum absolute atomic E-state index is 0.0391. The summed E-state index contributed by atoms with van der Waals surface area (Å²) in [5, 5.41) is 2.27. The molecule has 2 aromatic heterocycles. The van der Waals surface area contributed by atoms with Crippen LogP contribution in [0.15, 0.2) is 136 Å². The zero-order valence-corrected chi connectivity index (χ0v) is 25.8. The van der Waals surface area contributed by atoms with Crippen LogP contribution in [0, 0.1) is 5.92 Å². The minimum atomic E-state index is 0.0391. The fourth-order valence-electron chi connectivity index (χ4n) is 7.26. The molecule has 3 aromatic carbocycles. The van der Waals surface area contributed by atoms with Crippen molar-refractivity contribution in [3.8, 4) is 22.5 Å². The normalized spacial score (nSPS) is 23.5. The lowest BCUT2D eigenvalue weighted by atomic mass is 9.78. The number of hydrogen-bond acceptors (Lipinski definition) is 5. The molecule has 3 atom stereocenters. The number of allylic oxidation sites excluding steroid dienone is 11. The quantitative estimate of drug-likeness (QED) is 0.205. The first-order chi connectivity index (χ1) is 22.1. The van der Waals surface area contributed by atoms with E-state index in [4.69, 9.17) is 19.4 Å². The molecule has 0 N–H and O–H groups in total. The third-order valence-corrected chi connectivity index (χ3v) is 11.0. The third kappa shape index (κ3) is 4.40. The molecule has 218 valence electrons. The zero-order valence-electron chi connectivity index (χ0n) is 25.0. The van der Waals surface area contributed by atoms with Gasteiger partial charge in [0.2, 0.25) is 0 Å². The maximum Gasteiger partial charge on any atom is 0.163 e. The van der Waals surface area contributed by atoms with E-state index in [1.54, 1.807) is 0 Å². The second-order valence-corrected chi connectivity index (χ2v) is 13.9. The zero-order chi connectivity index (χ0) is 30.0. The van der Waals surface area contributed by atoms with Gasteiger partial charge in [0.15, 0.2) is 11.6 Å². The molecule has 4 aliphatic rings. The van der Waals surface area contributed by atoms with E-state index in [-0.39, 0.29) is 10.7 Å². The standard InChI is InChI=1S/C40H31N3OS/c1-40-24-8-7-16-31(40)36-30(15-10-19-34(36)45-40)39-42-37(26-11-3-2-4-12-26)41-38(43-39)27-22-20-25(21-23-27)28-14-9-18-33-35(28)29-13-5-6-17-32(29)44-33/h2-9,11,13-18,20-24,26,31H,10,12,19H2,1H3/t26?,31?,40-/m0/s1. The number of furan rings is 1. The summed E-state index contributed by atoms with van der Waals surface area (Å²) < 4.78 is 6.20. The highest BCUT2D eigenvalue weighted by molar-refractivity contribution is 8.04. The van der Waals surface area contributed by atoms with E-state index in [2.05, 4.69) is 110 Å². The van der Waals surface area contributed by atoms with E-state index in [1.807, 2.05) is 30.0 Å². The van der Waals surface area contributed by atoms with Crippen LogP contribution in [0.5, 0.6) is 0 Å². The molecular formula is C40H31N3OS. The van der Waals surface area contributed by atoms with Gasteiger partial charge in [0, 0.05) is 38.5 Å². The molecule has 0 amide bonds. The largest absolute Gasteiger partial charge is 0.456 e. The summed E-state index contributed by atoms with van der Waals surface area (Å²) in [6.07, 6.45) is 23.0. The van der Waals surface area contributed by atoms with Crippen molar-refractivity contribution in [3.63, 3.8) is 0 Å². The molecule has 2 unspecified atom stereocenters. The van der Waals surface area contributed by atoms with Crippen molar-refractivity contribution in [2.75, 3.05) is 0 Å². The predicted molar refractivity (Wildman–Crippen MR) is 186 cm³/mol. The van der Waals surface area contributed by atoms with Crippen LogP contribution in [-0.4, -0.2) is 19.7 Å². The Kier molecular flexibility index (Phi) is 6.17. The number of fused-ring (bicyclic) bond motifs is 5. The molecule has 0 fully saturated rings. The molecule has 5 aromatic rings. The molecule has 4 nitrogen and oxygen atoms in total. The van der Waals surface area contributed by atoms with Gasteiger partial charge in [-0.3, -0.25) is 0 Å². The second-order valence-electron chi connectivity index (χ2n) is 12.4. The molecule has 3 aliphatic carbocycles. The molecule has 5 heteroatoms. The summed E-state index contributed by atoms with van der Waals surface area (Å²) >= 11 is 2.02. The number of para-hydroxylation sites is 1. The highest BCUT2D eigenvalue weighted by atomic mass is 32.2. The summed E-state index contributed by atoms with van der Waals surface area (Å²) in [7, 11) is 0. The van der Waals surface area contributed by atoms with Gasteiger partial charge in [0.1, 0.15) is 17.0 Å². The number of rotatable bonds is 4. The van der Waals surface area contributed by atoms with Gasteiger partial charge in [0.05, 0.1) is 0 Å². The lowest BCUT2D eigenvalue weighted by molar-refractivity contribution is 0.649. The summed E-state index contributed by atoms with van der Waals surface area (Å²) in [6, 6.07) is 23.2. The third-order valence-electron chi connectivity index (χ3n) is 9.49. The molecule has 0 bridgehead atoms. The number of thioether (sulfide) groups is 1. The predicted octanol–water partition coefficient (Wildman–Crippen LogP) is 10.4. The first kappa shape index (κ1) is 26.6. The Bertz CT molecular complexity index is 2200. The van der Waals surface area contributed by atoms with Gasteiger partial charge >= 0.3 is 0 Å². The first-order valence-corrected chi connectivity index (χ1v) is 16.6. The molecule has 9 rings (SSSR count). The Labute approximate surface area is 266 Å². The van der Waals surface area contributed by atoms with Gasteiger partial charge in [-0.15, -0.1) is 11.8 Å². The minimum Gasteiger partial charge on any atom is -0.456 e. The van der Waals surface area contributed by atoms with Crippen LogP contribution < -0.4 is 0 Å². The molecule has 0 spiro atoms. The second kappa shape index (κ2) is 10.4. The number of nitrogens with zero attached hydrogens (tertiary/aromatic N) is 3. The Hall–Kier alpha value is -4.74. The maximum atomic E-state index is 6.16. The van der Waals surface area contributed by atoms with Crippen LogP contribution in [0.1, 0.15) is 43.8 Å². The summed E-state index contributed by atoms with van der Waals surface area (Å²) in [4.78, 5) is 16.9. The van der Waals surface area contributed by atoms with E-state index in [1.165, 1.54) is 16.1 Å². The van der Waals surface area contributed by atoms with Crippen molar-refractivity contribution in [2.45, 2.75) is 36.9 Å². The van der Waals surface area contributed by atoms with Crippen molar-refractivity contribution >= 4 is 39.3 Å². The van der Waals surface area contributed by atoms with Crippen molar-refractivity contribution in [2.24, 2.45) is 5.92 Å². The van der Waals surface area contributed by atoms with Crippen LogP contribution >= 0.6 is 11.8 Å². The molecule has 3 heterocycles. The van der Waals surface area contributed by atoms with Crippen molar-refractivity contribution in [3.05, 3.63) is 144 Å². The van der Waals surface area contributed by atoms with Crippen LogP contribution in [0.2, 0.25) is 0 Å². The molecule has 0 saturated carbocycles. The fraction of sp³-hybridized carbons (Fsp3) is 0.175. The van der Waals surface area contributed by atoms with Gasteiger partial charge in [-0.25, -0.2) is 15.0 Å². The van der Waals surface area contributed by atoms with Gasteiger partial charge in [-0.2, -0.15) is 0 Å². The van der Waals surface area contributed by atoms with E-state index < -0.39 is 0 Å². The Balaban J connectivity index is 1.14. The highest BCUT2D eigenvalue weighted by Gasteiger charge is 2.45. The SMILES string of the molecule is C[C@]12C=CC=CC1C1=C(CCC=C1c1nc(-c3ccc(-c4cccc5oc6ccccc6c45)cc3)nc(C3C=CC=CC3)n1)S2.